The van der Waals surface area contributed by atoms with E-state index >= 15 is 0 Å². The molecule has 0 aliphatic carbocycles. The second-order valence-corrected chi connectivity index (χ2v) is 3.00. The third-order valence-electron chi connectivity index (χ3n) is 1.94. The van der Waals surface area contributed by atoms with E-state index in [2.05, 4.69) is 0 Å². The number of benzene rings is 1. The molecule has 68 valence electrons. The maximum Gasteiger partial charge on any atom is 0.0991 e. The summed E-state index contributed by atoms with van der Waals surface area (Å²) < 4.78 is 0. The second-order valence-electron chi connectivity index (χ2n) is 3.00. The van der Waals surface area contributed by atoms with Crippen molar-refractivity contribution in [1.82, 2.24) is 0 Å². The maximum absolute atomic E-state index is 9.21. The molecule has 0 saturated heterocycles. The zero-order chi connectivity index (χ0) is 9.84. The third kappa shape index (κ3) is 2.28. The van der Waals surface area contributed by atoms with Crippen LogP contribution in [0.4, 0.5) is 0 Å². The van der Waals surface area contributed by atoms with Gasteiger partial charge in [-0.1, -0.05) is 12.1 Å². The van der Waals surface area contributed by atoms with Crippen LogP contribution in [0.15, 0.2) is 24.3 Å². The molecule has 13 heavy (non-hydrogen) atoms. The van der Waals surface area contributed by atoms with E-state index in [1.165, 1.54) is 0 Å². The van der Waals surface area contributed by atoms with Gasteiger partial charge in [0, 0.05) is 0 Å². The van der Waals surface area contributed by atoms with Gasteiger partial charge < -0.3 is 10.8 Å². The van der Waals surface area contributed by atoms with Gasteiger partial charge in [-0.15, -0.1) is 0 Å². The number of nitrogens with two attached hydrogens (primary N) is 1. The van der Waals surface area contributed by atoms with Crippen LogP contribution in [0.5, 0.6) is 0 Å². The first-order chi connectivity index (χ1) is 6.15. The van der Waals surface area contributed by atoms with Crippen LogP contribution >= 0.6 is 0 Å². The molecule has 3 nitrogen and oxygen atoms in total. The van der Waals surface area contributed by atoms with E-state index in [0.29, 0.717) is 5.56 Å². The maximum atomic E-state index is 9.21. The van der Waals surface area contributed by atoms with Crippen molar-refractivity contribution < 1.29 is 5.11 Å². The number of rotatable bonds is 2. The molecular formula is C10H12N2O. The first kappa shape index (κ1) is 9.72. The largest absolute Gasteiger partial charge is 0.391 e. The highest BCUT2D eigenvalue weighted by atomic mass is 16.3. The van der Waals surface area contributed by atoms with Crippen LogP contribution < -0.4 is 5.73 Å². The molecule has 0 heterocycles. The quantitative estimate of drug-likeness (QED) is 0.704. The highest BCUT2D eigenvalue weighted by Crippen LogP contribution is 2.14. The predicted octanol–water partition coefficient (Wildman–Crippen LogP) is 0.939. The molecule has 1 rings (SSSR count). The summed E-state index contributed by atoms with van der Waals surface area (Å²) >= 11 is 0. The van der Waals surface area contributed by atoms with Crippen molar-refractivity contribution in [2.24, 2.45) is 5.73 Å². The van der Waals surface area contributed by atoms with Gasteiger partial charge in [-0.25, -0.2) is 0 Å². The van der Waals surface area contributed by atoms with Crippen molar-refractivity contribution in [3.63, 3.8) is 0 Å². The van der Waals surface area contributed by atoms with Crippen LogP contribution in [0.3, 0.4) is 0 Å². The monoisotopic (exact) mass is 176 g/mol. The summed E-state index contributed by atoms with van der Waals surface area (Å²) in [5.74, 6) is 0. The van der Waals surface area contributed by atoms with E-state index < -0.39 is 6.10 Å². The Morgan fingerprint density at radius 2 is 1.92 bits per heavy atom. The highest BCUT2D eigenvalue weighted by molar-refractivity contribution is 5.32. The van der Waals surface area contributed by atoms with Gasteiger partial charge in [-0.3, -0.25) is 0 Å². The standard InChI is InChI=1S/C10H12N2O/c1-7(13)10(12)9-4-2-8(6-11)3-5-9/h2-5,7,10,13H,12H2,1H3. The summed E-state index contributed by atoms with van der Waals surface area (Å²) in [6.45, 7) is 1.64. The summed E-state index contributed by atoms with van der Waals surface area (Å²) in [6.07, 6.45) is -0.576. The average molecular weight is 176 g/mol. The number of aliphatic hydroxyl groups excluding tert-OH is 1. The molecule has 2 atom stereocenters. The SMILES string of the molecule is CC(O)C(N)c1ccc(C#N)cc1. The van der Waals surface area contributed by atoms with Gasteiger partial charge in [-0.2, -0.15) is 5.26 Å². The molecule has 0 aromatic heterocycles. The molecule has 0 aliphatic rings. The van der Waals surface area contributed by atoms with E-state index in [4.69, 9.17) is 11.0 Å². The van der Waals surface area contributed by atoms with Crippen LogP contribution in [0.1, 0.15) is 24.1 Å². The summed E-state index contributed by atoms with van der Waals surface area (Å²) in [4.78, 5) is 0. The topological polar surface area (TPSA) is 70.0 Å². The molecule has 3 N–H and O–H groups in total. The van der Waals surface area contributed by atoms with E-state index in [0.717, 1.165) is 5.56 Å². The number of hydrogen-bond acceptors (Lipinski definition) is 3. The fraction of sp³-hybridized carbons (Fsp3) is 0.300. The predicted molar refractivity (Wildman–Crippen MR) is 49.8 cm³/mol. The van der Waals surface area contributed by atoms with Crippen LogP contribution in [0.2, 0.25) is 0 Å². The van der Waals surface area contributed by atoms with Gasteiger partial charge in [-0.05, 0) is 24.6 Å². The minimum absolute atomic E-state index is 0.382. The van der Waals surface area contributed by atoms with E-state index in [1.807, 2.05) is 6.07 Å². The Morgan fingerprint density at radius 1 is 1.38 bits per heavy atom. The Balaban J connectivity index is 2.87. The van der Waals surface area contributed by atoms with Crippen molar-refractivity contribution in [1.29, 1.82) is 5.26 Å². The number of nitrogens with zero attached hydrogens (tertiary/aromatic N) is 1. The summed E-state index contributed by atoms with van der Waals surface area (Å²) in [6, 6.07) is 8.54. The van der Waals surface area contributed by atoms with Gasteiger partial charge in [0.2, 0.25) is 0 Å². The second kappa shape index (κ2) is 4.04. The smallest absolute Gasteiger partial charge is 0.0991 e. The summed E-state index contributed by atoms with van der Waals surface area (Å²) in [5.41, 5.74) is 7.14. The zero-order valence-electron chi connectivity index (χ0n) is 7.44. The first-order valence-corrected chi connectivity index (χ1v) is 4.09. The van der Waals surface area contributed by atoms with Gasteiger partial charge in [0.15, 0.2) is 0 Å². The van der Waals surface area contributed by atoms with Crippen molar-refractivity contribution in [2.45, 2.75) is 19.1 Å². The molecule has 2 unspecified atom stereocenters. The fourth-order valence-corrected chi connectivity index (χ4v) is 1.06. The van der Waals surface area contributed by atoms with Crippen LogP contribution in [-0.2, 0) is 0 Å². The lowest BCUT2D eigenvalue weighted by Gasteiger charge is -2.14. The van der Waals surface area contributed by atoms with E-state index in [9.17, 15) is 5.11 Å². The Hall–Kier alpha value is -1.37. The Bertz CT molecular complexity index is 311. The molecule has 3 heteroatoms. The van der Waals surface area contributed by atoms with E-state index in [1.54, 1.807) is 31.2 Å². The van der Waals surface area contributed by atoms with Crippen molar-refractivity contribution in [2.75, 3.05) is 0 Å². The number of hydrogen-bond donors (Lipinski definition) is 2. The number of aliphatic hydroxyl groups is 1. The molecule has 0 aliphatic heterocycles. The Morgan fingerprint density at radius 3 is 2.31 bits per heavy atom. The third-order valence-corrected chi connectivity index (χ3v) is 1.94. The lowest BCUT2D eigenvalue weighted by Crippen LogP contribution is -2.22. The molecule has 0 fully saturated rings. The average Bonchev–Trinajstić information content (AvgIpc) is 2.17. The van der Waals surface area contributed by atoms with Gasteiger partial charge in [0.05, 0.1) is 23.8 Å². The highest BCUT2D eigenvalue weighted by Gasteiger charge is 2.10. The zero-order valence-corrected chi connectivity index (χ0v) is 7.44. The fourth-order valence-electron chi connectivity index (χ4n) is 1.06. The lowest BCUT2D eigenvalue weighted by molar-refractivity contribution is 0.164. The van der Waals surface area contributed by atoms with Crippen LogP contribution in [0, 0.1) is 11.3 Å². The van der Waals surface area contributed by atoms with Crippen molar-refractivity contribution in [3.05, 3.63) is 35.4 Å². The van der Waals surface area contributed by atoms with Crippen LogP contribution in [-0.4, -0.2) is 11.2 Å². The molecule has 1 aromatic rings. The molecule has 0 amide bonds. The Kier molecular flexibility index (Phi) is 3.02. The summed E-state index contributed by atoms with van der Waals surface area (Å²) in [7, 11) is 0. The van der Waals surface area contributed by atoms with Gasteiger partial charge >= 0.3 is 0 Å². The molecule has 0 saturated carbocycles. The minimum atomic E-state index is -0.576. The van der Waals surface area contributed by atoms with Crippen molar-refractivity contribution >= 4 is 0 Å². The van der Waals surface area contributed by atoms with Gasteiger partial charge in [0.1, 0.15) is 0 Å². The normalized spacial score (nSPS) is 14.6. The van der Waals surface area contributed by atoms with Gasteiger partial charge in [0.25, 0.3) is 0 Å². The molecule has 0 bridgehead atoms. The first-order valence-electron chi connectivity index (χ1n) is 4.09. The molecule has 0 spiro atoms. The summed E-state index contributed by atoms with van der Waals surface area (Å²) in [5, 5.41) is 17.8. The number of nitriles is 1. The molecule has 0 radical (unpaired) electrons. The van der Waals surface area contributed by atoms with Crippen LogP contribution in [0.25, 0.3) is 0 Å². The lowest BCUT2D eigenvalue weighted by atomic mass is 10.0. The Labute approximate surface area is 77.4 Å². The minimum Gasteiger partial charge on any atom is -0.391 e. The molecular weight excluding hydrogens is 164 g/mol. The van der Waals surface area contributed by atoms with Crippen molar-refractivity contribution in [3.8, 4) is 6.07 Å². The molecule has 1 aromatic carbocycles. The van der Waals surface area contributed by atoms with E-state index in [-0.39, 0.29) is 6.04 Å².